The maximum absolute atomic E-state index is 14.6. The van der Waals surface area contributed by atoms with Crippen molar-refractivity contribution in [2.45, 2.75) is 18.3 Å². The van der Waals surface area contributed by atoms with Gasteiger partial charge < -0.3 is 10.1 Å². The van der Waals surface area contributed by atoms with Gasteiger partial charge in [-0.15, -0.1) is 0 Å². The second-order valence-corrected chi connectivity index (χ2v) is 7.58. The Kier molecular flexibility index (Phi) is 5.31. The number of methoxy groups -OCH3 is 1. The lowest BCUT2D eigenvalue weighted by atomic mass is 9.79. The molecule has 0 radical (unpaired) electrons. The normalized spacial score (nSPS) is 18.4. The molecule has 0 unspecified atom stereocenters. The Morgan fingerprint density at radius 1 is 1.03 bits per heavy atom. The predicted molar refractivity (Wildman–Crippen MR) is 112 cm³/mol. The molecular formula is C23H18ClF3N2O2. The lowest BCUT2D eigenvalue weighted by Gasteiger charge is -2.45. The third kappa shape index (κ3) is 3.59. The molecule has 0 fully saturated rings. The molecule has 1 heterocycles. The van der Waals surface area contributed by atoms with Crippen LogP contribution < -0.4 is 15.0 Å². The van der Waals surface area contributed by atoms with Crippen molar-refractivity contribution in [3.8, 4) is 5.75 Å². The summed E-state index contributed by atoms with van der Waals surface area (Å²) in [4.78, 5) is 14.3. The van der Waals surface area contributed by atoms with E-state index in [0.29, 0.717) is 5.75 Å². The molecule has 0 saturated heterocycles. The number of fused-ring (bicyclic) bond motifs is 1. The number of carbonyl (C=O) groups excluding carboxylic acids is 1. The molecule has 1 atom stereocenters. The number of carbonyl (C=O) groups is 1. The maximum Gasteiger partial charge on any atom is 0.420 e. The number of nitrogens with one attached hydrogen (secondary N) is 1. The van der Waals surface area contributed by atoms with E-state index in [9.17, 15) is 18.0 Å². The molecule has 2 amide bonds. The fraction of sp³-hybridized carbons (Fsp3) is 0.174. The number of urea groups is 1. The van der Waals surface area contributed by atoms with E-state index in [0.717, 1.165) is 5.56 Å². The van der Waals surface area contributed by atoms with Crippen molar-refractivity contribution >= 4 is 23.3 Å². The van der Waals surface area contributed by atoms with Gasteiger partial charge >= 0.3 is 12.2 Å². The third-order valence-corrected chi connectivity index (χ3v) is 5.56. The van der Waals surface area contributed by atoms with E-state index >= 15 is 0 Å². The summed E-state index contributed by atoms with van der Waals surface area (Å²) in [6, 6.07) is 17.6. The Bertz CT molecular complexity index is 1100. The zero-order valence-corrected chi connectivity index (χ0v) is 17.2. The molecule has 0 aliphatic carbocycles. The average Bonchev–Trinajstić information content (AvgIpc) is 2.75. The number of halogens is 4. The maximum atomic E-state index is 14.6. The Hall–Kier alpha value is -3.19. The van der Waals surface area contributed by atoms with Crippen molar-refractivity contribution in [3.63, 3.8) is 0 Å². The minimum atomic E-state index is -4.81. The highest BCUT2D eigenvalue weighted by Gasteiger charge is 2.61. The van der Waals surface area contributed by atoms with E-state index in [1.165, 1.54) is 54.5 Å². The van der Waals surface area contributed by atoms with E-state index in [-0.39, 0.29) is 28.4 Å². The summed E-state index contributed by atoms with van der Waals surface area (Å²) >= 11 is 6.11. The number of hydrogen-bond acceptors (Lipinski definition) is 2. The highest BCUT2D eigenvalue weighted by molar-refractivity contribution is 6.30. The topological polar surface area (TPSA) is 41.6 Å². The largest absolute Gasteiger partial charge is 0.497 e. The molecule has 8 heteroatoms. The highest BCUT2D eigenvalue weighted by atomic mass is 35.5. The Morgan fingerprint density at radius 3 is 2.32 bits per heavy atom. The van der Waals surface area contributed by atoms with Gasteiger partial charge in [-0.2, -0.15) is 13.2 Å². The fourth-order valence-electron chi connectivity index (χ4n) is 3.82. The van der Waals surface area contributed by atoms with Crippen LogP contribution in [0, 0.1) is 0 Å². The number of anilines is 1. The van der Waals surface area contributed by atoms with Crippen LogP contribution in [0.15, 0.2) is 72.8 Å². The molecule has 1 N–H and O–H groups in total. The summed E-state index contributed by atoms with van der Waals surface area (Å²) in [6.07, 6.45) is -4.81. The summed E-state index contributed by atoms with van der Waals surface area (Å²) in [7, 11) is 1.54. The Labute approximate surface area is 182 Å². The second kappa shape index (κ2) is 7.81. The molecule has 160 valence electrons. The van der Waals surface area contributed by atoms with Gasteiger partial charge in [-0.05, 0) is 41.5 Å². The van der Waals surface area contributed by atoms with Crippen LogP contribution in [0.3, 0.4) is 0 Å². The molecule has 4 rings (SSSR count). The summed E-state index contributed by atoms with van der Waals surface area (Å²) in [5.41, 5.74) is -2.07. The lowest BCUT2D eigenvalue weighted by Crippen LogP contribution is -2.63. The first-order valence-electron chi connectivity index (χ1n) is 9.41. The van der Waals surface area contributed by atoms with Gasteiger partial charge in [-0.3, -0.25) is 4.90 Å². The predicted octanol–water partition coefficient (Wildman–Crippen LogP) is 5.88. The van der Waals surface area contributed by atoms with E-state index in [2.05, 4.69) is 5.32 Å². The molecule has 4 nitrogen and oxygen atoms in total. The van der Waals surface area contributed by atoms with E-state index in [4.69, 9.17) is 16.3 Å². The standard InChI is InChI=1S/C23H18ClF3N2O2/c1-31-18-10-7-15(8-11-18)14-29-20-12-9-17(24)13-19(20)22(23(25,26)27,28-21(29)30)16-5-3-2-4-6-16/h2-13H,14H2,1H3,(H,28,30)/t22-/m1/s1. The molecule has 3 aromatic rings. The Balaban J connectivity index is 1.88. The minimum absolute atomic E-state index is 0.0766. The molecule has 3 aromatic carbocycles. The van der Waals surface area contributed by atoms with Crippen LogP contribution in [0.1, 0.15) is 16.7 Å². The van der Waals surface area contributed by atoms with E-state index in [1.54, 1.807) is 30.3 Å². The zero-order chi connectivity index (χ0) is 22.2. The van der Waals surface area contributed by atoms with Crippen molar-refractivity contribution in [2.75, 3.05) is 12.0 Å². The minimum Gasteiger partial charge on any atom is -0.497 e. The number of rotatable bonds is 4. The Morgan fingerprint density at radius 2 is 1.71 bits per heavy atom. The van der Waals surface area contributed by atoms with Crippen LogP contribution in [0.4, 0.5) is 23.7 Å². The van der Waals surface area contributed by atoms with Crippen molar-refractivity contribution in [3.05, 3.63) is 94.5 Å². The average molecular weight is 447 g/mol. The van der Waals surface area contributed by atoms with Gasteiger partial charge in [0.15, 0.2) is 5.54 Å². The smallest absolute Gasteiger partial charge is 0.420 e. The van der Waals surface area contributed by atoms with E-state index < -0.39 is 17.7 Å². The fourth-order valence-corrected chi connectivity index (χ4v) is 3.99. The van der Waals surface area contributed by atoms with Crippen LogP contribution in [0.2, 0.25) is 5.02 Å². The molecule has 0 spiro atoms. The SMILES string of the molecule is COc1ccc(CN2C(=O)N[C@@](c3ccccc3)(C(F)(F)F)c3cc(Cl)ccc32)cc1. The number of hydrogen-bond donors (Lipinski definition) is 1. The van der Waals surface area contributed by atoms with Gasteiger partial charge in [0.25, 0.3) is 0 Å². The van der Waals surface area contributed by atoms with Crippen LogP contribution in [0.25, 0.3) is 0 Å². The van der Waals surface area contributed by atoms with Crippen molar-refractivity contribution in [2.24, 2.45) is 0 Å². The number of nitrogens with zero attached hydrogens (tertiary/aromatic N) is 1. The number of alkyl halides is 3. The van der Waals surface area contributed by atoms with Crippen molar-refractivity contribution in [1.29, 1.82) is 0 Å². The molecule has 1 aliphatic heterocycles. The van der Waals surface area contributed by atoms with Crippen molar-refractivity contribution in [1.82, 2.24) is 5.32 Å². The van der Waals surface area contributed by atoms with Gasteiger partial charge in [0, 0.05) is 10.6 Å². The van der Waals surface area contributed by atoms with Gasteiger partial charge in [-0.25, -0.2) is 4.79 Å². The first-order chi connectivity index (χ1) is 14.8. The number of ether oxygens (including phenoxy) is 1. The molecule has 0 saturated carbocycles. The summed E-state index contributed by atoms with van der Waals surface area (Å²) < 4.78 is 49.0. The first kappa shape index (κ1) is 21.1. The molecule has 0 aromatic heterocycles. The van der Waals surface area contributed by atoms with E-state index in [1.807, 2.05) is 0 Å². The second-order valence-electron chi connectivity index (χ2n) is 7.14. The molecule has 31 heavy (non-hydrogen) atoms. The third-order valence-electron chi connectivity index (χ3n) is 5.32. The van der Waals surface area contributed by atoms with Crippen molar-refractivity contribution < 1.29 is 22.7 Å². The first-order valence-corrected chi connectivity index (χ1v) is 9.79. The number of amides is 2. The zero-order valence-electron chi connectivity index (χ0n) is 16.4. The molecule has 1 aliphatic rings. The van der Waals surface area contributed by atoms with Crippen LogP contribution in [-0.2, 0) is 12.1 Å². The highest BCUT2D eigenvalue weighted by Crippen LogP contribution is 2.50. The molecule has 0 bridgehead atoms. The summed E-state index contributed by atoms with van der Waals surface area (Å²) in [5.74, 6) is 0.638. The number of benzene rings is 3. The van der Waals surface area contributed by atoms with Crippen LogP contribution >= 0.6 is 11.6 Å². The van der Waals surface area contributed by atoms with Crippen LogP contribution in [-0.4, -0.2) is 19.3 Å². The molecular weight excluding hydrogens is 429 g/mol. The van der Waals surface area contributed by atoms with Gasteiger partial charge in [-0.1, -0.05) is 54.1 Å². The summed E-state index contributed by atoms with van der Waals surface area (Å²) in [5, 5.41) is 2.38. The van der Waals surface area contributed by atoms with Gasteiger partial charge in [0.05, 0.1) is 19.3 Å². The van der Waals surface area contributed by atoms with Crippen LogP contribution in [0.5, 0.6) is 5.75 Å². The quantitative estimate of drug-likeness (QED) is 0.543. The van der Waals surface area contributed by atoms with Gasteiger partial charge in [0.2, 0.25) is 0 Å². The summed E-state index contributed by atoms with van der Waals surface area (Å²) in [6.45, 7) is 0.0766. The monoisotopic (exact) mass is 446 g/mol. The lowest BCUT2D eigenvalue weighted by molar-refractivity contribution is -0.184. The van der Waals surface area contributed by atoms with Gasteiger partial charge in [0.1, 0.15) is 5.75 Å².